The molecule has 0 unspecified atom stereocenters. The van der Waals surface area contributed by atoms with E-state index in [-0.39, 0.29) is 17.7 Å². The molecule has 1 fully saturated rings. The van der Waals surface area contributed by atoms with Crippen LogP contribution in [0, 0.1) is 0 Å². The predicted octanol–water partition coefficient (Wildman–Crippen LogP) is 2.72. The highest BCUT2D eigenvalue weighted by Gasteiger charge is 2.31. The monoisotopic (exact) mass is 362 g/mol. The van der Waals surface area contributed by atoms with E-state index in [9.17, 15) is 14.7 Å². The van der Waals surface area contributed by atoms with Crippen LogP contribution in [0.15, 0.2) is 29.2 Å². The van der Waals surface area contributed by atoms with Crippen LogP contribution < -0.4 is 5.11 Å². The summed E-state index contributed by atoms with van der Waals surface area (Å²) < 4.78 is 0.468. The van der Waals surface area contributed by atoms with E-state index < -0.39 is 5.97 Å². The fraction of sp³-hybridized carbons (Fsp3) is 0.389. The van der Waals surface area contributed by atoms with Crippen LogP contribution in [-0.4, -0.2) is 27.6 Å². The van der Waals surface area contributed by atoms with E-state index in [0.717, 1.165) is 5.56 Å². The number of nitrogens with zero attached hydrogens (tertiary/aromatic N) is 1. The predicted molar refractivity (Wildman–Crippen MR) is 99.3 cm³/mol. The zero-order chi connectivity index (χ0) is 17.9. The SMILES string of the molecule is CC(C)(C)c1ccc(/C=C2\SC(=S)N(CCCC(=O)[O-])C2=O)cc1. The molecule has 24 heavy (non-hydrogen) atoms. The first-order valence-corrected chi connectivity index (χ1v) is 8.97. The Morgan fingerprint density at radius 1 is 1.29 bits per heavy atom. The van der Waals surface area contributed by atoms with Gasteiger partial charge in [0.2, 0.25) is 0 Å². The molecule has 0 N–H and O–H groups in total. The molecule has 0 aromatic heterocycles. The summed E-state index contributed by atoms with van der Waals surface area (Å²) in [7, 11) is 0. The fourth-order valence-corrected chi connectivity index (χ4v) is 3.61. The average molecular weight is 362 g/mol. The smallest absolute Gasteiger partial charge is 0.266 e. The van der Waals surface area contributed by atoms with Crippen molar-refractivity contribution >= 4 is 46.3 Å². The minimum absolute atomic E-state index is 0.0790. The van der Waals surface area contributed by atoms with Gasteiger partial charge in [-0.05, 0) is 35.5 Å². The molecule has 0 spiro atoms. The number of thioether (sulfide) groups is 1. The van der Waals surface area contributed by atoms with Crippen molar-refractivity contribution in [3.8, 4) is 0 Å². The first kappa shape index (κ1) is 18.7. The normalized spacial score (nSPS) is 17.0. The number of amides is 1. The molecule has 0 saturated carbocycles. The minimum atomic E-state index is -1.12. The van der Waals surface area contributed by atoms with Gasteiger partial charge < -0.3 is 9.90 Å². The topological polar surface area (TPSA) is 60.4 Å². The Hall–Kier alpha value is -1.66. The van der Waals surface area contributed by atoms with Crippen molar-refractivity contribution in [3.05, 3.63) is 40.3 Å². The summed E-state index contributed by atoms with van der Waals surface area (Å²) in [4.78, 5) is 24.9. The van der Waals surface area contributed by atoms with Crippen LogP contribution in [0.5, 0.6) is 0 Å². The summed E-state index contributed by atoms with van der Waals surface area (Å²) in [6.07, 6.45) is 2.08. The second-order valence-corrected chi connectivity index (χ2v) is 8.36. The molecule has 1 aliphatic rings. The molecule has 1 aliphatic heterocycles. The summed E-state index contributed by atoms with van der Waals surface area (Å²) in [6.45, 7) is 6.76. The maximum atomic E-state index is 12.4. The largest absolute Gasteiger partial charge is 0.550 e. The Labute approximate surface area is 151 Å². The van der Waals surface area contributed by atoms with Gasteiger partial charge in [-0.1, -0.05) is 69.0 Å². The number of aliphatic carboxylic acids is 1. The second-order valence-electron chi connectivity index (χ2n) is 6.68. The van der Waals surface area contributed by atoms with Crippen LogP contribution >= 0.6 is 24.0 Å². The van der Waals surface area contributed by atoms with Gasteiger partial charge in [0.05, 0.1) is 4.91 Å². The van der Waals surface area contributed by atoms with Crippen LogP contribution in [0.4, 0.5) is 0 Å². The number of carboxylic acid groups (broad SMARTS) is 1. The highest BCUT2D eigenvalue weighted by atomic mass is 32.2. The van der Waals surface area contributed by atoms with Gasteiger partial charge in [0.15, 0.2) is 0 Å². The van der Waals surface area contributed by atoms with E-state index in [0.29, 0.717) is 22.2 Å². The molecule has 1 amide bonds. The number of carbonyl (C=O) groups excluding carboxylic acids is 2. The Morgan fingerprint density at radius 3 is 2.46 bits per heavy atom. The molecule has 0 aliphatic carbocycles. The Kier molecular flexibility index (Phi) is 5.83. The Balaban J connectivity index is 2.09. The van der Waals surface area contributed by atoms with E-state index >= 15 is 0 Å². The number of benzene rings is 1. The fourth-order valence-electron chi connectivity index (χ4n) is 2.31. The molecule has 0 atom stereocenters. The van der Waals surface area contributed by atoms with Crippen molar-refractivity contribution in [1.82, 2.24) is 4.90 Å². The zero-order valence-corrected chi connectivity index (χ0v) is 15.6. The molecule has 1 aromatic rings. The highest BCUT2D eigenvalue weighted by Crippen LogP contribution is 2.33. The molecular weight excluding hydrogens is 342 g/mol. The molecule has 2 rings (SSSR count). The van der Waals surface area contributed by atoms with Gasteiger partial charge >= 0.3 is 0 Å². The lowest BCUT2D eigenvalue weighted by Gasteiger charge is -2.18. The van der Waals surface area contributed by atoms with Gasteiger partial charge in [-0.2, -0.15) is 0 Å². The minimum Gasteiger partial charge on any atom is -0.550 e. The Morgan fingerprint density at radius 2 is 1.92 bits per heavy atom. The third-order valence-electron chi connectivity index (χ3n) is 3.71. The van der Waals surface area contributed by atoms with E-state index in [4.69, 9.17) is 12.2 Å². The summed E-state index contributed by atoms with van der Waals surface area (Å²) in [6, 6.07) is 8.10. The lowest BCUT2D eigenvalue weighted by Crippen LogP contribution is -2.30. The third kappa shape index (κ3) is 4.68. The molecule has 4 nitrogen and oxygen atoms in total. The first-order valence-electron chi connectivity index (χ1n) is 7.74. The summed E-state index contributed by atoms with van der Waals surface area (Å²) in [5.74, 6) is -1.28. The van der Waals surface area contributed by atoms with Crippen LogP contribution in [0.3, 0.4) is 0 Å². The number of hydrogen-bond acceptors (Lipinski definition) is 5. The van der Waals surface area contributed by atoms with Gasteiger partial charge in [-0.15, -0.1) is 0 Å². The quantitative estimate of drug-likeness (QED) is 0.595. The molecule has 1 heterocycles. The van der Waals surface area contributed by atoms with E-state index in [2.05, 4.69) is 32.9 Å². The maximum Gasteiger partial charge on any atom is 0.266 e. The van der Waals surface area contributed by atoms with Gasteiger partial charge in [-0.25, -0.2) is 0 Å². The summed E-state index contributed by atoms with van der Waals surface area (Å²) >= 11 is 6.47. The molecule has 6 heteroatoms. The van der Waals surface area contributed by atoms with Gasteiger partial charge in [0, 0.05) is 12.5 Å². The van der Waals surface area contributed by atoms with Crippen LogP contribution in [0.1, 0.15) is 44.7 Å². The van der Waals surface area contributed by atoms with E-state index in [1.54, 1.807) is 0 Å². The molecule has 1 aromatic carbocycles. The van der Waals surface area contributed by atoms with Gasteiger partial charge in [-0.3, -0.25) is 9.69 Å². The number of hydrogen-bond donors (Lipinski definition) is 0. The standard InChI is InChI=1S/C18H21NO3S2/c1-18(2,3)13-8-6-12(7-9-13)11-14-16(22)19(17(23)24-14)10-4-5-15(20)21/h6-9,11H,4-5,10H2,1-3H3,(H,20,21)/p-1/b14-11-. The molecular formula is C18H20NO3S2-. The van der Waals surface area contributed by atoms with Crippen molar-refractivity contribution in [2.75, 3.05) is 6.54 Å². The lowest BCUT2D eigenvalue weighted by molar-refractivity contribution is -0.305. The van der Waals surface area contributed by atoms with Crippen LogP contribution in [-0.2, 0) is 15.0 Å². The summed E-state index contributed by atoms with van der Waals surface area (Å²) in [5.41, 5.74) is 2.26. The third-order valence-corrected chi connectivity index (χ3v) is 5.09. The second kappa shape index (κ2) is 7.49. The molecule has 1 saturated heterocycles. The highest BCUT2D eigenvalue weighted by molar-refractivity contribution is 8.26. The average Bonchev–Trinajstić information content (AvgIpc) is 2.74. The van der Waals surface area contributed by atoms with Crippen molar-refractivity contribution in [1.29, 1.82) is 0 Å². The lowest BCUT2D eigenvalue weighted by atomic mass is 9.87. The number of carbonyl (C=O) groups is 2. The molecule has 0 bridgehead atoms. The maximum absolute atomic E-state index is 12.4. The van der Waals surface area contributed by atoms with Crippen molar-refractivity contribution < 1.29 is 14.7 Å². The van der Waals surface area contributed by atoms with Crippen LogP contribution in [0.2, 0.25) is 0 Å². The van der Waals surface area contributed by atoms with Crippen molar-refractivity contribution in [3.63, 3.8) is 0 Å². The number of rotatable bonds is 5. The first-order chi connectivity index (χ1) is 11.2. The zero-order valence-electron chi connectivity index (χ0n) is 14.0. The molecule has 0 radical (unpaired) electrons. The van der Waals surface area contributed by atoms with Crippen molar-refractivity contribution in [2.24, 2.45) is 0 Å². The van der Waals surface area contributed by atoms with Gasteiger partial charge in [0.1, 0.15) is 4.32 Å². The van der Waals surface area contributed by atoms with E-state index in [1.165, 1.54) is 22.2 Å². The van der Waals surface area contributed by atoms with Crippen molar-refractivity contribution in [2.45, 2.75) is 39.0 Å². The van der Waals surface area contributed by atoms with E-state index in [1.807, 2.05) is 18.2 Å². The molecule has 128 valence electrons. The van der Waals surface area contributed by atoms with Crippen LogP contribution in [0.25, 0.3) is 6.08 Å². The number of carboxylic acids is 1. The van der Waals surface area contributed by atoms with Gasteiger partial charge in [0.25, 0.3) is 5.91 Å². The Bertz CT molecular complexity index is 687. The summed E-state index contributed by atoms with van der Waals surface area (Å²) in [5, 5.41) is 10.5. The number of thiocarbonyl (C=S) groups is 1.